The highest BCUT2D eigenvalue weighted by Gasteiger charge is 2.10. The van der Waals surface area contributed by atoms with Gasteiger partial charge < -0.3 is 16.8 Å². The molecule has 1 rings (SSSR count). The van der Waals surface area contributed by atoms with Gasteiger partial charge in [0.15, 0.2) is 0 Å². The van der Waals surface area contributed by atoms with Crippen molar-refractivity contribution < 1.29 is 4.79 Å². The van der Waals surface area contributed by atoms with E-state index in [4.69, 9.17) is 11.5 Å². The second kappa shape index (κ2) is 5.51. The van der Waals surface area contributed by atoms with Crippen LogP contribution < -0.4 is 16.8 Å². The van der Waals surface area contributed by atoms with E-state index in [1.54, 1.807) is 12.1 Å². The predicted octanol–water partition coefficient (Wildman–Crippen LogP) is 1.18. The highest BCUT2D eigenvalue weighted by atomic mass is 16.1. The van der Waals surface area contributed by atoms with Crippen LogP contribution in [0, 0.1) is 5.92 Å². The van der Waals surface area contributed by atoms with E-state index in [0.29, 0.717) is 18.0 Å². The number of anilines is 1. The molecule has 1 amide bonds. The molecule has 4 nitrogen and oxygen atoms in total. The summed E-state index contributed by atoms with van der Waals surface area (Å²) in [5, 5.41) is 3.32. The maximum Gasteiger partial charge on any atom is 0.248 e. The van der Waals surface area contributed by atoms with E-state index in [-0.39, 0.29) is 6.04 Å². The monoisotopic (exact) mass is 221 g/mol. The van der Waals surface area contributed by atoms with Crippen LogP contribution in [-0.4, -0.2) is 18.5 Å². The number of nitrogens with one attached hydrogen (secondary N) is 1. The number of nitrogens with two attached hydrogens (primary N) is 2. The molecule has 88 valence electrons. The number of carbonyl (C=O) groups excluding carboxylic acids is 1. The van der Waals surface area contributed by atoms with Crippen molar-refractivity contribution in [2.75, 3.05) is 11.9 Å². The summed E-state index contributed by atoms with van der Waals surface area (Å²) in [6.07, 6.45) is 0. The lowest BCUT2D eigenvalue weighted by atomic mass is 10.0. The Hall–Kier alpha value is -1.55. The number of rotatable bonds is 5. The van der Waals surface area contributed by atoms with E-state index in [1.165, 1.54) is 0 Å². The van der Waals surface area contributed by atoms with Crippen LogP contribution >= 0.6 is 0 Å². The van der Waals surface area contributed by atoms with Crippen molar-refractivity contribution in [3.8, 4) is 0 Å². The normalized spacial score (nSPS) is 12.5. The average molecular weight is 221 g/mol. The van der Waals surface area contributed by atoms with E-state index in [9.17, 15) is 4.79 Å². The average Bonchev–Trinajstić information content (AvgIpc) is 2.26. The molecule has 0 fully saturated rings. The Morgan fingerprint density at radius 3 is 2.25 bits per heavy atom. The quantitative estimate of drug-likeness (QED) is 0.698. The van der Waals surface area contributed by atoms with Crippen molar-refractivity contribution >= 4 is 11.6 Å². The van der Waals surface area contributed by atoms with Gasteiger partial charge in [-0.2, -0.15) is 0 Å². The largest absolute Gasteiger partial charge is 0.381 e. The van der Waals surface area contributed by atoms with Gasteiger partial charge in [0, 0.05) is 23.8 Å². The second-order valence-corrected chi connectivity index (χ2v) is 4.17. The molecule has 0 aliphatic carbocycles. The van der Waals surface area contributed by atoms with Crippen LogP contribution in [0.25, 0.3) is 0 Å². The first-order valence-electron chi connectivity index (χ1n) is 5.41. The van der Waals surface area contributed by atoms with Crippen molar-refractivity contribution in [2.45, 2.75) is 19.9 Å². The molecule has 0 aromatic heterocycles. The Balaban J connectivity index is 2.71. The van der Waals surface area contributed by atoms with Gasteiger partial charge in [0.2, 0.25) is 5.91 Å². The minimum Gasteiger partial charge on any atom is -0.381 e. The highest BCUT2D eigenvalue weighted by Crippen LogP contribution is 2.13. The maximum absolute atomic E-state index is 10.9. The minimum absolute atomic E-state index is 0.236. The zero-order valence-corrected chi connectivity index (χ0v) is 9.73. The third-order valence-corrected chi connectivity index (χ3v) is 2.58. The van der Waals surface area contributed by atoms with Gasteiger partial charge in [-0.05, 0) is 30.2 Å². The van der Waals surface area contributed by atoms with Crippen LogP contribution in [-0.2, 0) is 0 Å². The van der Waals surface area contributed by atoms with Crippen molar-refractivity contribution in [2.24, 2.45) is 17.4 Å². The first-order chi connectivity index (χ1) is 7.54. The van der Waals surface area contributed by atoms with Gasteiger partial charge in [-0.15, -0.1) is 0 Å². The summed E-state index contributed by atoms with van der Waals surface area (Å²) in [6.45, 7) is 4.81. The molecule has 16 heavy (non-hydrogen) atoms. The summed E-state index contributed by atoms with van der Waals surface area (Å²) in [5.41, 5.74) is 12.3. The summed E-state index contributed by atoms with van der Waals surface area (Å²) < 4.78 is 0. The summed E-state index contributed by atoms with van der Waals surface area (Å²) >= 11 is 0. The van der Waals surface area contributed by atoms with Crippen molar-refractivity contribution in [3.05, 3.63) is 29.8 Å². The van der Waals surface area contributed by atoms with Gasteiger partial charge in [0.1, 0.15) is 0 Å². The Morgan fingerprint density at radius 2 is 1.88 bits per heavy atom. The molecular formula is C12H19N3O. The number of hydrogen-bond acceptors (Lipinski definition) is 3. The van der Waals surface area contributed by atoms with Crippen LogP contribution in [0.1, 0.15) is 24.2 Å². The molecule has 4 heteroatoms. The fraction of sp³-hybridized carbons (Fsp3) is 0.417. The molecule has 0 saturated carbocycles. The molecule has 0 saturated heterocycles. The van der Waals surface area contributed by atoms with Crippen LogP contribution in [0.5, 0.6) is 0 Å². The Bertz CT molecular complexity index is 346. The molecule has 0 radical (unpaired) electrons. The Morgan fingerprint density at radius 1 is 1.31 bits per heavy atom. The molecule has 1 aromatic rings. The van der Waals surface area contributed by atoms with Gasteiger partial charge in [0.25, 0.3) is 0 Å². The van der Waals surface area contributed by atoms with Crippen LogP contribution in [0.2, 0.25) is 0 Å². The van der Waals surface area contributed by atoms with E-state index >= 15 is 0 Å². The lowest BCUT2D eigenvalue weighted by Crippen LogP contribution is -2.33. The molecule has 0 spiro atoms. The Labute approximate surface area is 96.0 Å². The molecular weight excluding hydrogens is 202 g/mol. The standard InChI is InChI=1S/C12H19N3O/c1-8(2)11(7-13)15-10-5-3-9(4-6-10)12(14)16/h3-6,8,11,15H,7,13H2,1-2H3,(H2,14,16). The smallest absolute Gasteiger partial charge is 0.248 e. The van der Waals surface area contributed by atoms with E-state index in [1.807, 2.05) is 12.1 Å². The third kappa shape index (κ3) is 3.24. The third-order valence-electron chi connectivity index (χ3n) is 2.58. The van der Waals surface area contributed by atoms with E-state index in [2.05, 4.69) is 19.2 Å². The topological polar surface area (TPSA) is 81.1 Å². The van der Waals surface area contributed by atoms with Crippen molar-refractivity contribution in [1.29, 1.82) is 0 Å². The number of amides is 1. The lowest BCUT2D eigenvalue weighted by molar-refractivity contribution is 0.100. The molecule has 0 aliphatic heterocycles. The SMILES string of the molecule is CC(C)C(CN)Nc1ccc(C(N)=O)cc1. The minimum atomic E-state index is -0.411. The molecule has 1 aromatic carbocycles. The van der Waals surface area contributed by atoms with Gasteiger partial charge in [-0.25, -0.2) is 0 Å². The summed E-state index contributed by atoms with van der Waals surface area (Å²) in [6, 6.07) is 7.33. The highest BCUT2D eigenvalue weighted by molar-refractivity contribution is 5.93. The zero-order valence-electron chi connectivity index (χ0n) is 9.73. The first kappa shape index (κ1) is 12.5. The first-order valence-corrected chi connectivity index (χ1v) is 5.41. The lowest BCUT2D eigenvalue weighted by Gasteiger charge is -2.21. The summed E-state index contributed by atoms with van der Waals surface area (Å²) in [5.74, 6) is 0.0478. The molecule has 5 N–H and O–H groups in total. The van der Waals surface area contributed by atoms with Crippen LogP contribution in [0.3, 0.4) is 0 Å². The molecule has 1 unspecified atom stereocenters. The zero-order chi connectivity index (χ0) is 12.1. The van der Waals surface area contributed by atoms with Crippen LogP contribution in [0.4, 0.5) is 5.69 Å². The van der Waals surface area contributed by atoms with Gasteiger partial charge in [0.05, 0.1) is 0 Å². The van der Waals surface area contributed by atoms with Gasteiger partial charge in [-0.3, -0.25) is 4.79 Å². The number of benzene rings is 1. The fourth-order valence-corrected chi connectivity index (χ4v) is 1.44. The molecule has 0 aliphatic rings. The van der Waals surface area contributed by atoms with Crippen molar-refractivity contribution in [1.82, 2.24) is 0 Å². The van der Waals surface area contributed by atoms with Gasteiger partial charge in [-0.1, -0.05) is 13.8 Å². The Kier molecular flexibility index (Phi) is 4.31. The molecule has 0 heterocycles. The number of primary amides is 1. The van der Waals surface area contributed by atoms with E-state index in [0.717, 1.165) is 5.69 Å². The van der Waals surface area contributed by atoms with E-state index < -0.39 is 5.91 Å². The molecule has 0 bridgehead atoms. The maximum atomic E-state index is 10.9. The summed E-state index contributed by atoms with van der Waals surface area (Å²) in [7, 11) is 0. The van der Waals surface area contributed by atoms with Gasteiger partial charge >= 0.3 is 0 Å². The summed E-state index contributed by atoms with van der Waals surface area (Å²) in [4.78, 5) is 10.9. The van der Waals surface area contributed by atoms with Crippen molar-refractivity contribution in [3.63, 3.8) is 0 Å². The molecule has 1 atom stereocenters. The predicted molar refractivity (Wildman–Crippen MR) is 66.3 cm³/mol. The second-order valence-electron chi connectivity index (χ2n) is 4.17. The number of hydrogen-bond donors (Lipinski definition) is 3. The number of carbonyl (C=O) groups is 1. The fourth-order valence-electron chi connectivity index (χ4n) is 1.44. The van der Waals surface area contributed by atoms with Crippen LogP contribution in [0.15, 0.2) is 24.3 Å².